The van der Waals surface area contributed by atoms with Crippen molar-refractivity contribution in [2.24, 2.45) is 0 Å². The minimum absolute atomic E-state index is 0.0334. The van der Waals surface area contributed by atoms with E-state index in [2.05, 4.69) is 6.58 Å². The van der Waals surface area contributed by atoms with Crippen LogP contribution < -0.4 is 0 Å². The van der Waals surface area contributed by atoms with E-state index in [4.69, 9.17) is 19.3 Å². The molecule has 0 aliphatic carbocycles. The molecule has 0 aromatic heterocycles. The van der Waals surface area contributed by atoms with Crippen molar-refractivity contribution in [2.75, 3.05) is 19.8 Å². The van der Waals surface area contributed by atoms with Crippen molar-refractivity contribution in [1.82, 2.24) is 0 Å². The first-order valence-electron chi connectivity index (χ1n) is 7.87. The molecular weight excluding hydrogens is 300 g/mol. The van der Waals surface area contributed by atoms with E-state index < -0.39 is 5.97 Å². The van der Waals surface area contributed by atoms with Crippen molar-refractivity contribution < 1.29 is 28.9 Å². The first kappa shape index (κ1) is 19.4. The van der Waals surface area contributed by atoms with Crippen LogP contribution in [0.4, 0.5) is 0 Å². The van der Waals surface area contributed by atoms with Gasteiger partial charge in [-0.15, -0.1) is 0 Å². The number of carboxylic acid groups (broad SMARTS) is 1. The lowest BCUT2D eigenvalue weighted by Gasteiger charge is -2.09. The molecule has 2 aliphatic rings. The van der Waals surface area contributed by atoms with Gasteiger partial charge in [0.15, 0.2) is 0 Å². The van der Waals surface area contributed by atoms with Gasteiger partial charge in [-0.1, -0.05) is 6.58 Å². The number of esters is 1. The lowest BCUT2D eigenvalue weighted by atomic mass is 10.2. The first-order valence-corrected chi connectivity index (χ1v) is 7.87. The second-order valence-corrected chi connectivity index (χ2v) is 5.72. The van der Waals surface area contributed by atoms with Crippen LogP contribution in [-0.4, -0.2) is 49.1 Å². The number of aliphatic carboxylic acids is 1. The predicted molar refractivity (Wildman–Crippen MR) is 85.1 cm³/mol. The fourth-order valence-electron chi connectivity index (χ4n) is 2.15. The van der Waals surface area contributed by atoms with Gasteiger partial charge >= 0.3 is 11.9 Å². The molecule has 2 atom stereocenters. The highest BCUT2D eigenvalue weighted by Crippen LogP contribution is 2.14. The summed E-state index contributed by atoms with van der Waals surface area (Å²) in [5.41, 5.74) is 0.810. The Kier molecular flexibility index (Phi) is 8.58. The maximum absolute atomic E-state index is 10.9. The predicted octanol–water partition coefficient (Wildman–Crippen LogP) is 2.48. The molecule has 6 heteroatoms. The minimum Gasteiger partial charge on any atom is -0.478 e. The smallest absolute Gasteiger partial charge is 0.333 e. The van der Waals surface area contributed by atoms with Crippen LogP contribution in [0.3, 0.4) is 0 Å². The summed E-state index contributed by atoms with van der Waals surface area (Å²) in [6.45, 7) is 8.62. The molecule has 0 radical (unpaired) electrons. The molecule has 2 aliphatic heterocycles. The molecule has 0 aromatic rings. The van der Waals surface area contributed by atoms with Gasteiger partial charge in [0, 0.05) is 24.4 Å². The number of carboxylic acids is 1. The molecule has 0 aromatic carbocycles. The summed E-state index contributed by atoms with van der Waals surface area (Å²) in [7, 11) is 0. The average molecular weight is 326 g/mol. The molecule has 1 N–H and O–H groups in total. The highest BCUT2D eigenvalue weighted by Gasteiger charge is 2.17. The number of ether oxygens (including phenoxy) is 3. The zero-order valence-electron chi connectivity index (χ0n) is 13.9. The fourth-order valence-corrected chi connectivity index (χ4v) is 2.15. The van der Waals surface area contributed by atoms with Crippen LogP contribution in [-0.2, 0) is 23.8 Å². The number of carbonyl (C=O) groups is 2. The van der Waals surface area contributed by atoms with Crippen molar-refractivity contribution >= 4 is 11.9 Å². The Balaban J connectivity index is 0.000000231. The van der Waals surface area contributed by atoms with E-state index in [9.17, 15) is 9.59 Å². The Morgan fingerprint density at radius 3 is 2.35 bits per heavy atom. The molecular formula is C17H26O6. The maximum atomic E-state index is 10.9. The second-order valence-electron chi connectivity index (χ2n) is 5.72. The summed E-state index contributed by atoms with van der Waals surface area (Å²) < 4.78 is 15.4. The summed E-state index contributed by atoms with van der Waals surface area (Å²) in [6, 6.07) is 0. The summed E-state index contributed by atoms with van der Waals surface area (Å²) in [6.07, 6.45) is 5.85. The van der Waals surface area contributed by atoms with Gasteiger partial charge in [0.1, 0.15) is 6.61 Å². The van der Waals surface area contributed by atoms with Crippen LogP contribution in [0.15, 0.2) is 23.8 Å². The number of hydrogen-bond donors (Lipinski definition) is 1. The van der Waals surface area contributed by atoms with Gasteiger partial charge in [-0.05, 0) is 45.6 Å². The molecule has 23 heavy (non-hydrogen) atoms. The lowest BCUT2D eigenvalue weighted by molar-refractivity contribution is -0.142. The van der Waals surface area contributed by atoms with E-state index in [1.54, 1.807) is 19.9 Å². The molecule has 2 heterocycles. The van der Waals surface area contributed by atoms with Crippen molar-refractivity contribution in [3.05, 3.63) is 23.8 Å². The normalized spacial score (nSPS) is 23.8. The zero-order chi connectivity index (χ0) is 17.2. The van der Waals surface area contributed by atoms with Gasteiger partial charge in [0.2, 0.25) is 0 Å². The van der Waals surface area contributed by atoms with Gasteiger partial charge in [-0.25, -0.2) is 9.59 Å². The van der Waals surface area contributed by atoms with Crippen LogP contribution in [0.2, 0.25) is 0 Å². The van der Waals surface area contributed by atoms with Gasteiger partial charge in [-0.2, -0.15) is 0 Å². The van der Waals surface area contributed by atoms with E-state index >= 15 is 0 Å². The topological polar surface area (TPSA) is 82.1 Å². The molecule has 6 nitrogen and oxygen atoms in total. The monoisotopic (exact) mass is 326 g/mol. The molecule has 0 spiro atoms. The summed E-state index contributed by atoms with van der Waals surface area (Å²) >= 11 is 0. The molecule has 0 saturated carbocycles. The summed E-state index contributed by atoms with van der Waals surface area (Å²) in [5, 5.41) is 8.52. The molecule has 2 rings (SSSR count). The lowest BCUT2D eigenvalue weighted by Crippen LogP contribution is -2.17. The number of carbonyl (C=O) groups excluding carboxylic acids is 1. The molecule has 0 amide bonds. The Morgan fingerprint density at radius 2 is 1.87 bits per heavy atom. The van der Waals surface area contributed by atoms with Gasteiger partial charge < -0.3 is 19.3 Å². The van der Waals surface area contributed by atoms with Gasteiger partial charge in [0.25, 0.3) is 0 Å². The Morgan fingerprint density at radius 1 is 1.22 bits per heavy atom. The summed E-state index contributed by atoms with van der Waals surface area (Å²) in [4.78, 5) is 21.3. The van der Waals surface area contributed by atoms with Gasteiger partial charge in [0.05, 0.1) is 12.2 Å². The molecule has 130 valence electrons. The fraction of sp³-hybridized carbons (Fsp3) is 0.647. The van der Waals surface area contributed by atoms with Crippen molar-refractivity contribution in [3.63, 3.8) is 0 Å². The van der Waals surface area contributed by atoms with Crippen molar-refractivity contribution in [1.29, 1.82) is 0 Å². The van der Waals surface area contributed by atoms with Crippen LogP contribution in [0.25, 0.3) is 0 Å². The van der Waals surface area contributed by atoms with E-state index in [0.29, 0.717) is 17.8 Å². The molecule has 2 unspecified atom stereocenters. The Labute approximate surface area is 137 Å². The third-order valence-corrected chi connectivity index (χ3v) is 3.51. The largest absolute Gasteiger partial charge is 0.478 e. The zero-order valence-corrected chi connectivity index (χ0v) is 13.9. The van der Waals surface area contributed by atoms with Gasteiger partial charge in [-0.3, -0.25) is 0 Å². The van der Waals surface area contributed by atoms with Crippen LogP contribution in [0, 0.1) is 0 Å². The van der Waals surface area contributed by atoms with E-state index in [1.165, 1.54) is 0 Å². The highest BCUT2D eigenvalue weighted by molar-refractivity contribution is 5.87. The molecule has 2 saturated heterocycles. The average Bonchev–Trinajstić information content (AvgIpc) is 3.18. The number of hydrogen-bond acceptors (Lipinski definition) is 5. The standard InChI is InChI=1S/C9H14O3.C8H12O3/c1-7(2)9(10)12-6-8-4-3-5-11-8;1-6(8(9)10)5-7-3-2-4-11-7/h8H,1,3-6H2,2H3;5,7H,2-4H2,1H3,(H,9,10). The third-order valence-electron chi connectivity index (χ3n) is 3.51. The van der Waals surface area contributed by atoms with E-state index in [0.717, 1.165) is 38.9 Å². The van der Waals surface area contributed by atoms with Crippen LogP contribution >= 0.6 is 0 Å². The molecule has 2 fully saturated rings. The van der Waals surface area contributed by atoms with Crippen molar-refractivity contribution in [2.45, 2.75) is 51.7 Å². The molecule has 0 bridgehead atoms. The Hall–Kier alpha value is -1.66. The van der Waals surface area contributed by atoms with E-state index in [1.807, 2.05) is 0 Å². The Bertz CT molecular complexity index is 442. The quantitative estimate of drug-likeness (QED) is 0.617. The van der Waals surface area contributed by atoms with Crippen LogP contribution in [0.5, 0.6) is 0 Å². The first-order chi connectivity index (χ1) is 10.9. The SMILES string of the molecule is C=C(C)C(=O)OCC1CCCO1.CC(=CC1CCCO1)C(=O)O. The third kappa shape index (κ3) is 7.95. The maximum Gasteiger partial charge on any atom is 0.333 e. The number of rotatable bonds is 5. The van der Waals surface area contributed by atoms with E-state index in [-0.39, 0.29) is 18.2 Å². The summed E-state index contributed by atoms with van der Waals surface area (Å²) in [5.74, 6) is -1.19. The minimum atomic E-state index is -0.861. The second kappa shape index (κ2) is 10.2. The van der Waals surface area contributed by atoms with Crippen molar-refractivity contribution in [3.8, 4) is 0 Å². The highest BCUT2D eigenvalue weighted by atomic mass is 16.6. The van der Waals surface area contributed by atoms with Crippen LogP contribution in [0.1, 0.15) is 39.5 Å².